The number of hydrogen-bond donors (Lipinski definition) is 1. The number of amides is 2. The first-order valence-electron chi connectivity index (χ1n) is 12.7. The summed E-state index contributed by atoms with van der Waals surface area (Å²) >= 11 is 0. The van der Waals surface area contributed by atoms with Crippen LogP contribution in [0.1, 0.15) is 77.8 Å². The number of carbonyl (C=O) groups is 2. The van der Waals surface area contributed by atoms with Gasteiger partial charge < -0.3 is 24.6 Å². The number of anilines is 1. The van der Waals surface area contributed by atoms with Crippen LogP contribution >= 0.6 is 0 Å². The summed E-state index contributed by atoms with van der Waals surface area (Å²) in [6.07, 6.45) is 3.29. The number of likely N-dealkylation sites (tertiary alicyclic amines) is 1. The molecule has 1 N–H and O–H groups in total. The summed E-state index contributed by atoms with van der Waals surface area (Å²) in [6.45, 7) is 14.4. The molecule has 0 radical (unpaired) electrons. The molecule has 1 aromatic rings. The second kappa shape index (κ2) is 9.31. The fourth-order valence-corrected chi connectivity index (χ4v) is 5.01. The largest absolute Gasteiger partial charge is 0.444 e. The van der Waals surface area contributed by atoms with E-state index in [1.807, 2.05) is 46.4 Å². The van der Waals surface area contributed by atoms with Crippen LogP contribution in [0.5, 0.6) is 0 Å². The Hall–Kier alpha value is -2.44. The molecule has 2 fully saturated rings. The topological polar surface area (TPSA) is 71.1 Å². The van der Waals surface area contributed by atoms with E-state index in [1.54, 1.807) is 4.90 Å². The molecule has 3 aliphatic rings. The maximum Gasteiger partial charge on any atom is 0.410 e. The summed E-state index contributed by atoms with van der Waals surface area (Å²) in [5.41, 5.74) is 2.92. The molecule has 2 atom stereocenters. The van der Waals surface area contributed by atoms with Crippen molar-refractivity contribution in [1.82, 2.24) is 9.80 Å². The molecular formula is C27H41N3O4. The van der Waals surface area contributed by atoms with Gasteiger partial charge in [0.05, 0.1) is 0 Å². The van der Waals surface area contributed by atoms with Crippen molar-refractivity contribution in [3.8, 4) is 0 Å². The van der Waals surface area contributed by atoms with E-state index in [0.717, 1.165) is 32.2 Å². The summed E-state index contributed by atoms with van der Waals surface area (Å²) in [4.78, 5) is 29.4. The van der Waals surface area contributed by atoms with E-state index >= 15 is 0 Å². The van der Waals surface area contributed by atoms with Gasteiger partial charge in [-0.05, 0) is 90.3 Å². The second-order valence-electron chi connectivity index (χ2n) is 12.0. The Morgan fingerprint density at radius 3 is 2.38 bits per heavy atom. The number of ether oxygens (including phenoxy) is 2. The van der Waals surface area contributed by atoms with Crippen molar-refractivity contribution >= 4 is 17.9 Å². The lowest BCUT2D eigenvalue weighted by Gasteiger charge is -2.36. The van der Waals surface area contributed by atoms with Gasteiger partial charge in [0.2, 0.25) is 0 Å². The molecule has 4 rings (SSSR count). The second-order valence-corrected chi connectivity index (χ2v) is 12.0. The molecule has 1 aliphatic carbocycles. The van der Waals surface area contributed by atoms with Gasteiger partial charge in [0.25, 0.3) is 0 Å². The number of nitrogens with zero attached hydrogens (tertiary/aromatic N) is 2. The summed E-state index contributed by atoms with van der Waals surface area (Å²) < 4.78 is 11.3. The van der Waals surface area contributed by atoms with E-state index < -0.39 is 11.2 Å². The molecule has 7 nitrogen and oxygen atoms in total. The molecular weight excluding hydrogens is 430 g/mol. The molecule has 0 spiro atoms. The molecule has 2 aliphatic heterocycles. The molecule has 7 heteroatoms. The Labute approximate surface area is 204 Å². The van der Waals surface area contributed by atoms with Crippen molar-refractivity contribution in [3.05, 3.63) is 29.3 Å². The Bertz CT molecular complexity index is 909. The minimum absolute atomic E-state index is 0.172. The Morgan fingerprint density at radius 2 is 1.74 bits per heavy atom. The first-order valence-corrected chi connectivity index (χ1v) is 12.7. The molecule has 188 valence electrons. The SMILES string of the molecule is CC(C)(C)OC(=O)N1CCC(CN(C(=O)OC(C)(C)C)C2CC2c2ccc3c(c2)CCN3)CC1. The van der Waals surface area contributed by atoms with Gasteiger partial charge in [-0.3, -0.25) is 0 Å². The molecule has 2 amide bonds. The van der Waals surface area contributed by atoms with Crippen LogP contribution in [0.25, 0.3) is 0 Å². The zero-order valence-corrected chi connectivity index (χ0v) is 21.6. The number of nitrogens with one attached hydrogen (secondary N) is 1. The Balaban J connectivity index is 1.39. The standard InChI is InChI=1S/C27H41N3O4/c1-26(2,3)33-24(31)29-13-10-18(11-14-29)17-30(25(32)34-27(4,5)6)23-16-21(23)19-7-8-22-20(15-19)9-12-28-22/h7-8,15,18,21,23,28H,9-14,16-17H2,1-6H3. The predicted molar refractivity (Wildman–Crippen MR) is 133 cm³/mol. The van der Waals surface area contributed by atoms with E-state index in [-0.39, 0.29) is 18.2 Å². The smallest absolute Gasteiger partial charge is 0.410 e. The fourth-order valence-electron chi connectivity index (χ4n) is 5.01. The molecule has 1 aromatic carbocycles. The highest BCUT2D eigenvalue weighted by atomic mass is 16.6. The van der Waals surface area contributed by atoms with Crippen LogP contribution in [0.15, 0.2) is 18.2 Å². The van der Waals surface area contributed by atoms with Gasteiger partial charge in [0, 0.05) is 43.8 Å². The highest BCUT2D eigenvalue weighted by molar-refractivity contribution is 5.70. The van der Waals surface area contributed by atoms with Gasteiger partial charge in [0.15, 0.2) is 0 Å². The normalized spacial score (nSPS) is 22.6. The van der Waals surface area contributed by atoms with Crippen LogP contribution in [-0.2, 0) is 15.9 Å². The maximum absolute atomic E-state index is 13.2. The van der Waals surface area contributed by atoms with Gasteiger partial charge in [-0.25, -0.2) is 9.59 Å². The minimum Gasteiger partial charge on any atom is -0.444 e. The van der Waals surface area contributed by atoms with Gasteiger partial charge in [-0.2, -0.15) is 0 Å². The lowest BCUT2D eigenvalue weighted by Crippen LogP contribution is -2.46. The molecule has 34 heavy (non-hydrogen) atoms. The van der Waals surface area contributed by atoms with Crippen molar-refractivity contribution in [2.45, 2.75) is 90.4 Å². The third-order valence-electron chi connectivity index (χ3n) is 6.77. The van der Waals surface area contributed by atoms with Crippen molar-refractivity contribution in [2.75, 3.05) is 31.5 Å². The van der Waals surface area contributed by atoms with Crippen molar-refractivity contribution < 1.29 is 19.1 Å². The molecule has 1 saturated heterocycles. The van der Waals surface area contributed by atoms with Gasteiger partial charge in [-0.1, -0.05) is 12.1 Å². The lowest BCUT2D eigenvalue weighted by molar-refractivity contribution is 0.00849. The van der Waals surface area contributed by atoms with E-state index in [2.05, 4.69) is 23.5 Å². The lowest BCUT2D eigenvalue weighted by atomic mass is 9.96. The quantitative estimate of drug-likeness (QED) is 0.637. The van der Waals surface area contributed by atoms with Crippen LogP contribution in [-0.4, -0.2) is 65.4 Å². The number of benzene rings is 1. The van der Waals surface area contributed by atoms with Crippen molar-refractivity contribution in [2.24, 2.45) is 5.92 Å². The van der Waals surface area contributed by atoms with Crippen LogP contribution in [0, 0.1) is 5.92 Å². The minimum atomic E-state index is -0.529. The van der Waals surface area contributed by atoms with E-state index in [4.69, 9.17) is 9.47 Å². The monoisotopic (exact) mass is 471 g/mol. The summed E-state index contributed by atoms with van der Waals surface area (Å²) in [5, 5.41) is 3.42. The van der Waals surface area contributed by atoms with E-state index in [1.165, 1.54) is 16.8 Å². The van der Waals surface area contributed by atoms with E-state index in [0.29, 0.717) is 31.5 Å². The van der Waals surface area contributed by atoms with Crippen molar-refractivity contribution in [1.29, 1.82) is 0 Å². The zero-order valence-electron chi connectivity index (χ0n) is 21.6. The highest BCUT2D eigenvalue weighted by Crippen LogP contribution is 2.46. The third-order valence-corrected chi connectivity index (χ3v) is 6.77. The van der Waals surface area contributed by atoms with Gasteiger partial charge in [-0.15, -0.1) is 0 Å². The van der Waals surface area contributed by atoms with Crippen LogP contribution < -0.4 is 5.32 Å². The number of piperidine rings is 1. The van der Waals surface area contributed by atoms with Gasteiger partial charge in [0.1, 0.15) is 11.2 Å². The summed E-state index contributed by atoms with van der Waals surface area (Å²) in [5.74, 6) is 0.706. The number of hydrogen-bond acceptors (Lipinski definition) is 5. The molecule has 2 unspecified atom stereocenters. The number of fused-ring (bicyclic) bond motifs is 1. The summed E-state index contributed by atoms with van der Waals surface area (Å²) in [7, 11) is 0. The fraction of sp³-hybridized carbons (Fsp3) is 0.704. The van der Waals surface area contributed by atoms with Crippen LogP contribution in [0.4, 0.5) is 15.3 Å². The van der Waals surface area contributed by atoms with E-state index in [9.17, 15) is 9.59 Å². The molecule has 0 bridgehead atoms. The zero-order chi connectivity index (χ0) is 24.7. The average molecular weight is 472 g/mol. The predicted octanol–water partition coefficient (Wildman–Crippen LogP) is 5.39. The van der Waals surface area contributed by atoms with Crippen LogP contribution in [0.2, 0.25) is 0 Å². The Morgan fingerprint density at radius 1 is 1.06 bits per heavy atom. The summed E-state index contributed by atoms with van der Waals surface area (Å²) in [6, 6.07) is 6.87. The number of carbonyl (C=O) groups excluding carboxylic acids is 2. The molecule has 1 saturated carbocycles. The highest BCUT2D eigenvalue weighted by Gasteiger charge is 2.47. The van der Waals surface area contributed by atoms with Crippen LogP contribution in [0.3, 0.4) is 0 Å². The average Bonchev–Trinajstić information content (AvgIpc) is 3.37. The molecule has 0 aromatic heterocycles. The first-order chi connectivity index (χ1) is 15.9. The maximum atomic E-state index is 13.2. The number of rotatable bonds is 4. The molecule has 2 heterocycles. The van der Waals surface area contributed by atoms with Crippen molar-refractivity contribution in [3.63, 3.8) is 0 Å². The third kappa shape index (κ3) is 6.16. The first kappa shape index (κ1) is 24.7. The van der Waals surface area contributed by atoms with Gasteiger partial charge >= 0.3 is 12.2 Å². The Kier molecular flexibility index (Phi) is 6.76.